The third-order valence-corrected chi connectivity index (χ3v) is 4.52. The van der Waals surface area contributed by atoms with E-state index in [2.05, 4.69) is 83.2 Å². The predicted octanol–water partition coefficient (Wildman–Crippen LogP) is 7.20. The monoisotopic (exact) mass is 314 g/mol. The van der Waals surface area contributed by atoms with Crippen molar-refractivity contribution in [2.75, 3.05) is 0 Å². The van der Waals surface area contributed by atoms with E-state index in [9.17, 15) is 0 Å². The lowest BCUT2D eigenvalue weighted by Gasteiger charge is -2.12. The minimum Gasteiger partial charge on any atom is -0.118 e. The lowest BCUT2D eigenvalue weighted by atomic mass is 10.1. The fourth-order valence-corrected chi connectivity index (χ4v) is 3.40. The third-order valence-electron chi connectivity index (χ3n) is 3.34. The molecule has 120 valence electrons. The molecule has 0 saturated heterocycles. The molecular weight excluding hydrogens is 284 g/mol. The molecule has 0 aliphatic carbocycles. The van der Waals surface area contributed by atoms with Crippen molar-refractivity contribution in [1.82, 2.24) is 0 Å². The molecule has 0 amide bonds. The molecule has 1 unspecified atom stereocenters. The first kappa shape index (κ1) is 18.8. The van der Waals surface area contributed by atoms with Gasteiger partial charge < -0.3 is 0 Å². The highest BCUT2D eigenvalue weighted by Crippen LogP contribution is 2.27. The highest BCUT2D eigenvalue weighted by atomic mass is 32.2. The van der Waals surface area contributed by atoms with Crippen LogP contribution in [-0.2, 0) is 0 Å². The zero-order valence-corrected chi connectivity index (χ0v) is 15.5. The number of hydrogen-bond acceptors (Lipinski definition) is 1. The maximum absolute atomic E-state index is 2.42. The fourth-order valence-electron chi connectivity index (χ4n) is 2.20. The SMILES string of the molecule is CC(C)=CCC/C(C)=C/CC(C=C(C)C)Sc1ccccc1. The molecule has 0 nitrogen and oxygen atoms in total. The molecule has 0 fully saturated rings. The summed E-state index contributed by atoms with van der Waals surface area (Å²) in [4.78, 5) is 1.35. The summed E-state index contributed by atoms with van der Waals surface area (Å²) in [5.74, 6) is 0. The Kier molecular flexibility index (Phi) is 9.00. The van der Waals surface area contributed by atoms with Crippen LogP contribution in [0.3, 0.4) is 0 Å². The van der Waals surface area contributed by atoms with Gasteiger partial charge in [0, 0.05) is 10.1 Å². The number of allylic oxidation sites excluding steroid dienone is 5. The number of hydrogen-bond donors (Lipinski definition) is 0. The molecule has 0 saturated carbocycles. The summed E-state index contributed by atoms with van der Waals surface area (Å²) < 4.78 is 0. The van der Waals surface area contributed by atoms with Gasteiger partial charge in [0.05, 0.1) is 0 Å². The molecule has 0 aliphatic heterocycles. The lowest BCUT2D eigenvalue weighted by Crippen LogP contribution is -1.98. The molecule has 1 atom stereocenters. The summed E-state index contributed by atoms with van der Waals surface area (Å²) in [5.41, 5.74) is 4.30. The van der Waals surface area contributed by atoms with Crippen LogP contribution in [0, 0.1) is 0 Å². The molecule has 0 bridgehead atoms. The van der Waals surface area contributed by atoms with Crippen LogP contribution in [-0.4, -0.2) is 5.25 Å². The second-order valence-electron chi connectivity index (χ2n) is 6.32. The number of rotatable bonds is 8. The number of thioether (sulfide) groups is 1. The molecule has 1 rings (SSSR count). The Balaban J connectivity index is 2.61. The van der Waals surface area contributed by atoms with Crippen LogP contribution in [0.5, 0.6) is 0 Å². The summed E-state index contributed by atoms with van der Waals surface area (Å²) in [5, 5.41) is 0.519. The van der Waals surface area contributed by atoms with Crippen molar-refractivity contribution in [1.29, 1.82) is 0 Å². The Hall–Kier alpha value is -1.21. The fraction of sp³-hybridized carbons (Fsp3) is 0.429. The summed E-state index contributed by atoms with van der Waals surface area (Å²) in [6.07, 6.45) is 10.6. The zero-order valence-electron chi connectivity index (χ0n) is 14.7. The van der Waals surface area contributed by atoms with Crippen molar-refractivity contribution >= 4 is 11.8 Å². The Morgan fingerprint density at radius 3 is 2.23 bits per heavy atom. The maximum atomic E-state index is 2.42. The Bertz CT molecular complexity index is 512. The van der Waals surface area contributed by atoms with Crippen molar-refractivity contribution in [2.45, 2.75) is 64.0 Å². The van der Waals surface area contributed by atoms with Gasteiger partial charge in [-0.05, 0) is 66.0 Å². The van der Waals surface area contributed by atoms with E-state index >= 15 is 0 Å². The first-order chi connectivity index (χ1) is 10.5. The lowest BCUT2D eigenvalue weighted by molar-refractivity contribution is 0.938. The van der Waals surface area contributed by atoms with E-state index in [1.807, 2.05) is 11.8 Å². The van der Waals surface area contributed by atoms with Crippen molar-refractivity contribution < 1.29 is 0 Å². The molecule has 0 radical (unpaired) electrons. The molecule has 0 aliphatic rings. The highest BCUT2D eigenvalue weighted by molar-refractivity contribution is 8.00. The maximum Gasteiger partial charge on any atom is 0.0311 e. The van der Waals surface area contributed by atoms with E-state index in [4.69, 9.17) is 0 Å². The van der Waals surface area contributed by atoms with Gasteiger partial charge in [-0.3, -0.25) is 0 Å². The van der Waals surface area contributed by atoms with Gasteiger partial charge >= 0.3 is 0 Å². The van der Waals surface area contributed by atoms with E-state index in [1.165, 1.54) is 28.0 Å². The van der Waals surface area contributed by atoms with Crippen molar-refractivity contribution in [3.63, 3.8) is 0 Å². The smallest absolute Gasteiger partial charge is 0.0311 e. The molecule has 1 aromatic carbocycles. The second kappa shape index (κ2) is 10.5. The van der Waals surface area contributed by atoms with Gasteiger partial charge in [-0.2, -0.15) is 0 Å². The van der Waals surface area contributed by atoms with Crippen LogP contribution < -0.4 is 0 Å². The van der Waals surface area contributed by atoms with Gasteiger partial charge in [-0.25, -0.2) is 0 Å². The average Bonchev–Trinajstić information content (AvgIpc) is 2.45. The average molecular weight is 315 g/mol. The van der Waals surface area contributed by atoms with E-state index in [0.717, 1.165) is 12.8 Å². The van der Waals surface area contributed by atoms with Gasteiger partial charge in [0.2, 0.25) is 0 Å². The van der Waals surface area contributed by atoms with E-state index in [0.29, 0.717) is 5.25 Å². The van der Waals surface area contributed by atoms with Crippen LogP contribution in [0.1, 0.15) is 53.9 Å². The molecule has 1 heteroatoms. The zero-order chi connectivity index (χ0) is 16.4. The summed E-state index contributed by atoms with van der Waals surface area (Å²) in [7, 11) is 0. The summed E-state index contributed by atoms with van der Waals surface area (Å²) >= 11 is 1.95. The largest absolute Gasteiger partial charge is 0.118 e. The van der Waals surface area contributed by atoms with E-state index < -0.39 is 0 Å². The van der Waals surface area contributed by atoms with Gasteiger partial charge in [0.25, 0.3) is 0 Å². The van der Waals surface area contributed by atoms with Gasteiger partial charge in [0.15, 0.2) is 0 Å². The third kappa shape index (κ3) is 8.94. The van der Waals surface area contributed by atoms with Gasteiger partial charge in [0.1, 0.15) is 0 Å². The second-order valence-corrected chi connectivity index (χ2v) is 7.63. The van der Waals surface area contributed by atoms with E-state index in [1.54, 1.807) is 0 Å². The van der Waals surface area contributed by atoms with Crippen LogP contribution in [0.2, 0.25) is 0 Å². The quantitative estimate of drug-likeness (QED) is 0.361. The molecule has 0 heterocycles. The van der Waals surface area contributed by atoms with Gasteiger partial charge in [-0.15, -0.1) is 11.8 Å². The first-order valence-corrected chi connectivity index (χ1v) is 9.01. The van der Waals surface area contributed by atoms with Crippen molar-refractivity contribution in [3.05, 3.63) is 65.3 Å². The summed E-state index contributed by atoms with van der Waals surface area (Å²) in [6, 6.07) is 10.7. The minimum atomic E-state index is 0.519. The van der Waals surface area contributed by atoms with Crippen LogP contribution in [0.4, 0.5) is 0 Å². The molecule has 1 aromatic rings. The summed E-state index contributed by atoms with van der Waals surface area (Å²) in [6.45, 7) is 11.0. The standard InChI is InChI=1S/C21H30S/c1-17(2)10-9-11-19(5)14-15-21(16-18(3)4)22-20-12-7-6-8-13-20/h6-8,10,12-14,16,21H,9,11,15H2,1-5H3/b19-14+. The molecule has 0 spiro atoms. The normalized spacial score (nSPS) is 12.7. The van der Waals surface area contributed by atoms with Crippen LogP contribution in [0.25, 0.3) is 0 Å². The molecule has 22 heavy (non-hydrogen) atoms. The Morgan fingerprint density at radius 1 is 0.955 bits per heavy atom. The van der Waals surface area contributed by atoms with Gasteiger partial charge in [-0.1, -0.05) is 53.1 Å². The predicted molar refractivity (Wildman–Crippen MR) is 103 cm³/mol. The number of benzene rings is 1. The molecular formula is C21H30S. The van der Waals surface area contributed by atoms with Crippen molar-refractivity contribution in [3.8, 4) is 0 Å². The first-order valence-electron chi connectivity index (χ1n) is 8.13. The molecule has 0 N–H and O–H groups in total. The van der Waals surface area contributed by atoms with Crippen molar-refractivity contribution in [2.24, 2.45) is 0 Å². The highest BCUT2D eigenvalue weighted by Gasteiger charge is 2.06. The minimum absolute atomic E-state index is 0.519. The Morgan fingerprint density at radius 2 is 1.64 bits per heavy atom. The van der Waals surface area contributed by atoms with Crippen LogP contribution in [0.15, 0.2) is 70.2 Å². The Labute approximate surface area is 141 Å². The topological polar surface area (TPSA) is 0 Å². The van der Waals surface area contributed by atoms with Crippen LogP contribution >= 0.6 is 11.8 Å². The van der Waals surface area contributed by atoms with E-state index in [-0.39, 0.29) is 0 Å². The molecule has 0 aromatic heterocycles.